The topological polar surface area (TPSA) is 71.3 Å². The molecule has 1 N–H and O–H groups in total. The van der Waals surface area contributed by atoms with Crippen LogP contribution < -0.4 is 5.32 Å². The lowest BCUT2D eigenvalue weighted by Gasteiger charge is -2.27. The van der Waals surface area contributed by atoms with E-state index >= 15 is 0 Å². The van der Waals surface area contributed by atoms with Gasteiger partial charge in [0.05, 0.1) is 31.0 Å². The molecule has 0 heterocycles. The molecule has 0 aromatic heterocycles. The maximum atomic E-state index is 11.0. The summed E-state index contributed by atoms with van der Waals surface area (Å²) in [6.45, 7) is 8.69. The van der Waals surface area contributed by atoms with Crippen molar-refractivity contribution in [2.24, 2.45) is 0 Å². The molecule has 0 aliphatic rings. The normalized spacial score (nSPS) is 11.1. The Hall–Kier alpha value is -2.06. The van der Waals surface area contributed by atoms with Gasteiger partial charge in [-0.2, -0.15) is 5.26 Å². The molecular formula is C17H24N2O3. The zero-order valence-electron chi connectivity index (χ0n) is 13.9. The summed E-state index contributed by atoms with van der Waals surface area (Å²) in [7, 11) is 1.32. The summed E-state index contributed by atoms with van der Waals surface area (Å²) >= 11 is 0. The van der Waals surface area contributed by atoms with E-state index < -0.39 is 11.7 Å². The van der Waals surface area contributed by atoms with Gasteiger partial charge in [0.1, 0.15) is 0 Å². The Morgan fingerprint density at radius 3 is 2.64 bits per heavy atom. The van der Waals surface area contributed by atoms with Gasteiger partial charge in [-0.15, -0.1) is 0 Å². The summed E-state index contributed by atoms with van der Waals surface area (Å²) in [6, 6.07) is 8.13. The van der Waals surface area contributed by atoms with E-state index in [4.69, 9.17) is 4.74 Å². The van der Waals surface area contributed by atoms with Gasteiger partial charge in [-0.05, 0) is 31.4 Å². The lowest BCUT2D eigenvalue weighted by atomic mass is 9.90. The molecule has 1 aromatic rings. The second-order valence-electron chi connectivity index (χ2n) is 5.85. The molecule has 1 aromatic carbocycles. The van der Waals surface area contributed by atoms with Crippen molar-refractivity contribution in [2.45, 2.75) is 39.2 Å². The number of benzene rings is 1. The summed E-state index contributed by atoms with van der Waals surface area (Å²) in [6.07, 6.45) is -0.486. The van der Waals surface area contributed by atoms with Crippen LogP contribution in [0, 0.1) is 11.3 Å². The number of methoxy groups -OCH3 is 1. The fourth-order valence-electron chi connectivity index (χ4n) is 2.15. The van der Waals surface area contributed by atoms with Crippen LogP contribution in [-0.2, 0) is 15.1 Å². The van der Waals surface area contributed by atoms with Crippen molar-refractivity contribution >= 4 is 6.09 Å². The second kappa shape index (κ2) is 7.81. The van der Waals surface area contributed by atoms with Crippen LogP contribution in [0.4, 0.5) is 4.79 Å². The largest absolute Gasteiger partial charge is 0.453 e. The quantitative estimate of drug-likeness (QED) is 0.819. The molecule has 0 radical (unpaired) electrons. The van der Waals surface area contributed by atoms with E-state index in [1.807, 2.05) is 32.0 Å². The van der Waals surface area contributed by atoms with Crippen molar-refractivity contribution in [1.82, 2.24) is 5.32 Å². The van der Waals surface area contributed by atoms with Gasteiger partial charge in [0.25, 0.3) is 0 Å². The van der Waals surface area contributed by atoms with Crippen LogP contribution in [0.5, 0.6) is 0 Å². The summed E-state index contributed by atoms with van der Waals surface area (Å²) in [4.78, 5) is 11.0. The number of carbonyl (C=O) groups is 1. The van der Waals surface area contributed by atoms with Crippen molar-refractivity contribution in [3.05, 3.63) is 34.9 Å². The highest BCUT2D eigenvalue weighted by Crippen LogP contribution is 2.29. The molecule has 1 rings (SSSR count). The Labute approximate surface area is 132 Å². The molecule has 0 unspecified atom stereocenters. The highest BCUT2D eigenvalue weighted by Gasteiger charge is 2.25. The van der Waals surface area contributed by atoms with Gasteiger partial charge >= 0.3 is 6.09 Å². The first-order chi connectivity index (χ1) is 10.3. The van der Waals surface area contributed by atoms with Crippen LogP contribution in [0.1, 0.15) is 50.3 Å². The lowest BCUT2D eigenvalue weighted by Crippen LogP contribution is -2.31. The molecule has 1 amide bonds. The third-order valence-corrected chi connectivity index (χ3v) is 3.50. The van der Waals surface area contributed by atoms with Crippen LogP contribution in [0.25, 0.3) is 0 Å². The van der Waals surface area contributed by atoms with Crippen LogP contribution >= 0.6 is 0 Å². The average Bonchev–Trinajstić information content (AvgIpc) is 2.50. The summed E-state index contributed by atoms with van der Waals surface area (Å²) in [5.41, 5.74) is 1.98. The van der Waals surface area contributed by atoms with Crippen molar-refractivity contribution < 1.29 is 14.3 Å². The monoisotopic (exact) mass is 304 g/mol. The number of ether oxygens (including phenoxy) is 2. The molecule has 0 saturated carbocycles. The summed E-state index contributed by atoms with van der Waals surface area (Å²) < 4.78 is 10.3. The van der Waals surface area contributed by atoms with Gasteiger partial charge in [-0.25, -0.2) is 4.79 Å². The molecule has 0 saturated heterocycles. The maximum absolute atomic E-state index is 11.0. The smallest absolute Gasteiger partial charge is 0.406 e. The fourth-order valence-corrected chi connectivity index (χ4v) is 2.15. The number of nitriles is 1. The Balaban J connectivity index is 2.80. The third-order valence-electron chi connectivity index (χ3n) is 3.50. The summed E-state index contributed by atoms with van der Waals surface area (Å²) in [5, 5.41) is 11.9. The number of carbonyl (C=O) groups excluding carboxylic acids is 1. The van der Waals surface area contributed by atoms with E-state index in [0.29, 0.717) is 24.6 Å². The fraction of sp³-hybridized carbons (Fsp3) is 0.529. The van der Waals surface area contributed by atoms with Gasteiger partial charge in [0.15, 0.2) is 0 Å². The Morgan fingerprint density at radius 2 is 2.09 bits per heavy atom. The molecule has 5 heteroatoms. The van der Waals surface area contributed by atoms with E-state index in [2.05, 4.69) is 30.0 Å². The van der Waals surface area contributed by atoms with Crippen LogP contribution in [0.15, 0.2) is 18.2 Å². The molecule has 0 fully saturated rings. The number of alkyl carbamates (subject to hydrolysis) is 1. The number of amides is 1. The highest BCUT2D eigenvalue weighted by atomic mass is 16.5. The number of hydrogen-bond donors (Lipinski definition) is 1. The molecular weight excluding hydrogens is 280 g/mol. The van der Waals surface area contributed by atoms with Crippen molar-refractivity contribution in [3.8, 4) is 6.07 Å². The minimum atomic E-state index is -0.613. The van der Waals surface area contributed by atoms with Crippen molar-refractivity contribution in [2.75, 3.05) is 20.3 Å². The maximum Gasteiger partial charge on any atom is 0.406 e. The second-order valence-corrected chi connectivity index (χ2v) is 5.85. The molecule has 22 heavy (non-hydrogen) atoms. The standard InChI is InChI=1S/C17H24N2O3/c1-12(2)13-6-7-15(14(10-13)11-18)17(3,4)22-9-8-19-16(20)21-5/h6-7,10,12H,8-9H2,1-5H3,(H,19,20). The molecule has 0 bridgehead atoms. The molecule has 0 atom stereocenters. The minimum absolute atomic E-state index is 0.332. The van der Waals surface area contributed by atoms with E-state index in [1.165, 1.54) is 7.11 Å². The van der Waals surface area contributed by atoms with Gasteiger partial charge < -0.3 is 14.8 Å². The van der Waals surface area contributed by atoms with Crippen molar-refractivity contribution in [1.29, 1.82) is 5.26 Å². The number of nitrogens with one attached hydrogen (secondary N) is 1. The van der Waals surface area contributed by atoms with E-state index in [-0.39, 0.29) is 0 Å². The Bertz CT molecular complexity index is 560. The zero-order chi connectivity index (χ0) is 16.8. The zero-order valence-corrected chi connectivity index (χ0v) is 13.9. The molecule has 0 aliphatic carbocycles. The van der Waals surface area contributed by atoms with Crippen LogP contribution in [-0.4, -0.2) is 26.4 Å². The SMILES string of the molecule is COC(=O)NCCOC(C)(C)c1ccc(C(C)C)cc1C#N. The predicted octanol–water partition coefficient (Wildman–Crippen LogP) is 3.29. The van der Waals surface area contributed by atoms with Gasteiger partial charge in [-0.1, -0.05) is 26.0 Å². The van der Waals surface area contributed by atoms with Crippen LogP contribution in [0.2, 0.25) is 0 Å². The molecule has 5 nitrogen and oxygen atoms in total. The van der Waals surface area contributed by atoms with E-state index in [1.54, 1.807) is 0 Å². The number of nitrogens with zero attached hydrogens (tertiary/aromatic N) is 1. The van der Waals surface area contributed by atoms with Crippen molar-refractivity contribution in [3.63, 3.8) is 0 Å². The number of rotatable bonds is 6. The first kappa shape index (κ1) is 18.0. The number of hydrogen-bond acceptors (Lipinski definition) is 4. The van der Waals surface area contributed by atoms with Gasteiger partial charge in [-0.3, -0.25) is 0 Å². The van der Waals surface area contributed by atoms with Gasteiger partial charge in [0.2, 0.25) is 0 Å². The molecule has 0 spiro atoms. The first-order valence-corrected chi connectivity index (χ1v) is 7.32. The summed E-state index contributed by atoms with van der Waals surface area (Å²) in [5.74, 6) is 0.370. The van der Waals surface area contributed by atoms with Crippen LogP contribution in [0.3, 0.4) is 0 Å². The first-order valence-electron chi connectivity index (χ1n) is 7.32. The average molecular weight is 304 g/mol. The third kappa shape index (κ3) is 4.74. The van der Waals surface area contributed by atoms with E-state index in [0.717, 1.165) is 11.1 Å². The van der Waals surface area contributed by atoms with E-state index in [9.17, 15) is 10.1 Å². The molecule has 120 valence electrons. The lowest BCUT2D eigenvalue weighted by molar-refractivity contribution is -0.0197. The minimum Gasteiger partial charge on any atom is -0.453 e. The predicted molar refractivity (Wildman–Crippen MR) is 84.6 cm³/mol. The van der Waals surface area contributed by atoms with Gasteiger partial charge in [0, 0.05) is 12.1 Å². The Morgan fingerprint density at radius 1 is 1.41 bits per heavy atom. The molecule has 0 aliphatic heterocycles. The highest BCUT2D eigenvalue weighted by molar-refractivity contribution is 5.66. The Kier molecular flexibility index (Phi) is 6.39.